The summed E-state index contributed by atoms with van der Waals surface area (Å²) in [4.78, 5) is 40.9. The number of amides is 1. The SMILES string of the molecule is C[C@]1(C(=O)c2ccc(Br)cc2)[C@H]2c3cc(Br)ccc3OC(=O)[C@@]21C(=O)NCc1ccccc1. The standard InChI is InChI=1S/C26H19Br2NO4/c1-25(22(30)16-7-9-17(27)10-8-16)21-19-13-18(28)11-12-20(19)33-24(32)26(21,25)23(31)29-14-15-5-3-2-4-6-15/h2-13,21H,14H2,1H3,(H,29,31)/t21-,25-,26+/m1/s1. The van der Waals surface area contributed by atoms with E-state index < -0.39 is 28.6 Å². The maximum absolute atomic E-state index is 13.8. The number of halogens is 2. The van der Waals surface area contributed by atoms with E-state index in [1.54, 1.807) is 43.3 Å². The zero-order valence-electron chi connectivity index (χ0n) is 17.6. The van der Waals surface area contributed by atoms with E-state index in [4.69, 9.17) is 4.74 Å². The fraction of sp³-hybridized carbons (Fsp3) is 0.192. The zero-order valence-corrected chi connectivity index (χ0v) is 20.8. The summed E-state index contributed by atoms with van der Waals surface area (Å²) in [6, 6.07) is 21.6. The van der Waals surface area contributed by atoms with E-state index in [0.29, 0.717) is 16.9 Å². The fourth-order valence-electron chi connectivity index (χ4n) is 5.10. The molecule has 1 aliphatic heterocycles. The molecule has 7 heteroatoms. The normalized spacial score (nSPS) is 24.8. The minimum Gasteiger partial charge on any atom is -0.425 e. The van der Waals surface area contributed by atoms with Gasteiger partial charge >= 0.3 is 5.97 Å². The summed E-state index contributed by atoms with van der Waals surface area (Å²) in [7, 11) is 0. The van der Waals surface area contributed by atoms with Gasteiger partial charge in [-0.2, -0.15) is 0 Å². The highest BCUT2D eigenvalue weighted by Crippen LogP contribution is 2.78. The second-order valence-electron chi connectivity index (χ2n) is 8.52. The van der Waals surface area contributed by atoms with Crippen LogP contribution in [0.2, 0.25) is 0 Å². The molecule has 2 aliphatic rings. The molecule has 0 radical (unpaired) electrons. The Kier molecular flexibility index (Phi) is 5.29. The smallest absolute Gasteiger partial charge is 0.328 e. The number of benzene rings is 3. The van der Waals surface area contributed by atoms with Crippen molar-refractivity contribution in [1.29, 1.82) is 0 Å². The van der Waals surface area contributed by atoms with Crippen LogP contribution in [-0.2, 0) is 16.1 Å². The molecule has 166 valence electrons. The molecule has 3 aromatic rings. The van der Waals surface area contributed by atoms with Crippen LogP contribution in [0.4, 0.5) is 0 Å². The predicted octanol–water partition coefficient (Wildman–Crippen LogP) is 5.42. The number of Topliss-reactive ketones (excluding diaryl/α,β-unsaturated/α-hetero) is 1. The number of carbonyl (C=O) groups is 3. The first-order chi connectivity index (χ1) is 15.8. The van der Waals surface area contributed by atoms with E-state index in [-0.39, 0.29) is 12.3 Å². The van der Waals surface area contributed by atoms with Gasteiger partial charge in [0, 0.05) is 32.5 Å². The first kappa shape index (κ1) is 22.0. The Balaban J connectivity index is 1.59. The third-order valence-corrected chi connectivity index (χ3v) is 7.81. The molecule has 1 saturated carbocycles. The van der Waals surface area contributed by atoms with Gasteiger partial charge in [0.1, 0.15) is 5.75 Å². The number of rotatable bonds is 5. The average molecular weight is 569 g/mol. The van der Waals surface area contributed by atoms with Gasteiger partial charge in [0.2, 0.25) is 5.91 Å². The van der Waals surface area contributed by atoms with Crippen LogP contribution in [0.1, 0.15) is 34.3 Å². The van der Waals surface area contributed by atoms with Gasteiger partial charge in [0.25, 0.3) is 0 Å². The van der Waals surface area contributed by atoms with Crippen molar-refractivity contribution >= 4 is 49.5 Å². The van der Waals surface area contributed by atoms with Crippen molar-refractivity contribution in [1.82, 2.24) is 5.32 Å². The lowest BCUT2D eigenvalue weighted by Crippen LogP contribution is -2.45. The van der Waals surface area contributed by atoms with Crippen LogP contribution in [0.3, 0.4) is 0 Å². The Bertz CT molecular complexity index is 1290. The van der Waals surface area contributed by atoms with E-state index in [2.05, 4.69) is 37.2 Å². The van der Waals surface area contributed by atoms with Gasteiger partial charge < -0.3 is 10.1 Å². The van der Waals surface area contributed by atoms with Crippen molar-refractivity contribution in [2.75, 3.05) is 0 Å². The lowest BCUT2D eigenvalue weighted by Gasteiger charge is -2.23. The second kappa shape index (κ2) is 7.92. The van der Waals surface area contributed by atoms with Gasteiger partial charge in [0.05, 0.1) is 5.41 Å². The van der Waals surface area contributed by atoms with Crippen molar-refractivity contribution in [3.8, 4) is 5.75 Å². The molecule has 0 unspecified atom stereocenters. The molecule has 3 atom stereocenters. The van der Waals surface area contributed by atoms with Gasteiger partial charge in [-0.05, 0) is 42.8 Å². The Hall–Kier alpha value is -2.77. The van der Waals surface area contributed by atoms with E-state index in [0.717, 1.165) is 14.5 Å². The molecule has 1 amide bonds. The largest absolute Gasteiger partial charge is 0.425 e. The summed E-state index contributed by atoms with van der Waals surface area (Å²) in [5, 5.41) is 2.89. The fourth-order valence-corrected chi connectivity index (χ4v) is 5.74. The van der Waals surface area contributed by atoms with Crippen LogP contribution in [-0.4, -0.2) is 17.7 Å². The Morgan fingerprint density at radius 3 is 2.33 bits per heavy atom. The first-order valence-corrected chi connectivity index (χ1v) is 12.0. The summed E-state index contributed by atoms with van der Waals surface area (Å²) in [6.07, 6.45) is 0. The van der Waals surface area contributed by atoms with Crippen molar-refractivity contribution in [2.24, 2.45) is 10.8 Å². The molecule has 1 fully saturated rings. The van der Waals surface area contributed by atoms with Crippen molar-refractivity contribution in [3.63, 3.8) is 0 Å². The van der Waals surface area contributed by atoms with Gasteiger partial charge in [-0.15, -0.1) is 0 Å². The Morgan fingerprint density at radius 1 is 0.970 bits per heavy atom. The van der Waals surface area contributed by atoms with Crippen LogP contribution >= 0.6 is 31.9 Å². The van der Waals surface area contributed by atoms with Gasteiger partial charge in [0.15, 0.2) is 11.2 Å². The molecule has 1 N–H and O–H groups in total. The lowest BCUT2D eigenvalue weighted by atomic mass is 9.86. The quantitative estimate of drug-likeness (QED) is 0.193. The molecule has 0 aromatic heterocycles. The highest BCUT2D eigenvalue weighted by molar-refractivity contribution is 9.10. The molecule has 1 heterocycles. The summed E-state index contributed by atoms with van der Waals surface area (Å²) in [6.45, 7) is 1.94. The molecular weight excluding hydrogens is 550 g/mol. The number of hydrogen-bond donors (Lipinski definition) is 1. The Morgan fingerprint density at radius 2 is 1.64 bits per heavy atom. The molecule has 0 spiro atoms. The Labute approximate surface area is 207 Å². The lowest BCUT2D eigenvalue weighted by molar-refractivity contribution is -0.149. The van der Waals surface area contributed by atoms with Crippen molar-refractivity contribution in [3.05, 3.63) is 98.4 Å². The molecule has 3 aromatic carbocycles. The van der Waals surface area contributed by atoms with Crippen LogP contribution < -0.4 is 10.1 Å². The van der Waals surface area contributed by atoms with Crippen molar-refractivity contribution < 1.29 is 19.1 Å². The minimum absolute atomic E-state index is 0.245. The third-order valence-electron chi connectivity index (χ3n) is 6.79. The van der Waals surface area contributed by atoms with E-state index in [1.807, 2.05) is 36.4 Å². The van der Waals surface area contributed by atoms with Crippen molar-refractivity contribution in [2.45, 2.75) is 19.4 Å². The molecular formula is C26H19Br2NO4. The number of ether oxygens (including phenoxy) is 1. The summed E-state index contributed by atoms with van der Waals surface area (Å²) in [5.41, 5.74) is -0.918. The van der Waals surface area contributed by atoms with Gasteiger partial charge in [-0.3, -0.25) is 14.4 Å². The van der Waals surface area contributed by atoms with Gasteiger partial charge in [-0.1, -0.05) is 74.3 Å². The highest BCUT2D eigenvalue weighted by atomic mass is 79.9. The molecule has 1 aliphatic carbocycles. The highest BCUT2D eigenvalue weighted by Gasteiger charge is 2.88. The third kappa shape index (κ3) is 3.21. The zero-order chi connectivity index (χ0) is 23.4. The molecule has 0 bridgehead atoms. The molecule has 0 saturated heterocycles. The number of ketones is 1. The number of carbonyl (C=O) groups excluding carboxylic acids is 3. The average Bonchev–Trinajstić information content (AvgIpc) is 3.42. The number of fused-ring (bicyclic) bond motifs is 3. The van der Waals surface area contributed by atoms with Crippen LogP contribution in [0, 0.1) is 10.8 Å². The first-order valence-electron chi connectivity index (χ1n) is 10.4. The van der Waals surface area contributed by atoms with Crippen LogP contribution in [0.25, 0.3) is 0 Å². The topological polar surface area (TPSA) is 72.5 Å². The number of nitrogens with one attached hydrogen (secondary N) is 1. The van der Waals surface area contributed by atoms with E-state index >= 15 is 0 Å². The predicted molar refractivity (Wildman–Crippen MR) is 130 cm³/mol. The maximum atomic E-state index is 13.8. The minimum atomic E-state index is -1.64. The maximum Gasteiger partial charge on any atom is 0.328 e. The molecule has 5 nitrogen and oxygen atoms in total. The molecule has 5 rings (SSSR count). The monoisotopic (exact) mass is 567 g/mol. The summed E-state index contributed by atoms with van der Waals surface area (Å²) in [5.74, 6) is -1.71. The summed E-state index contributed by atoms with van der Waals surface area (Å²) < 4.78 is 7.25. The number of hydrogen-bond acceptors (Lipinski definition) is 4. The molecule has 33 heavy (non-hydrogen) atoms. The van der Waals surface area contributed by atoms with Gasteiger partial charge in [-0.25, -0.2) is 0 Å². The number of esters is 1. The van der Waals surface area contributed by atoms with Crippen LogP contribution in [0.15, 0.2) is 81.7 Å². The van der Waals surface area contributed by atoms with Crippen LogP contribution in [0.5, 0.6) is 5.75 Å². The van der Waals surface area contributed by atoms with E-state index in [1.165, 1.54) is 0 Å². The second-order valence-corrected chi connectivity index (χ2v) is 10.4. The van der Waals surface area contributed by atoms with E-state index in [9.17, 15) is 14.4 Å². The summed E-state index contributed by atoms with van der Waals surface area (Å²) >= 11 is 6.85.